The molecule has 0 aromatic rings. The molecule has 5 heteroatoms. The van der Waals surface area contributed by atoms with E-state index in [0.29, 0.717) is 5.75 Å². The van der Waals surface area contributed by atoms with Crippen LogP contribution >= 0.6 is 11.8 Å². The molecular weight excluding hydrogens is 154 g/mol. The summed E-state index contributed by atoms with van der Waals surface area (Å²) in [5.74, 6) is -0.564. The Morgan fingerprint density at radius 2 is 2.50 bits per heavy atom. The SMILES string of the molecule is CN1C(=O)SCC1C(=O)O. The van der Waals surface area contributed by atoms with Gasteiger partial charge in [0.1, 0.15) is 6.04 Å². The largest absolute Gasteiger partial charge is 0.480 e. The third-order valence-corrected chi connectivity index (χ3v) is 2.42. The zero-order valence-electron chi connectivity index (χ0n) is 5.40. The molecular formula is C5H7NO3S. The first kappa shape index (κ1) is 7.40. The van der Waals surface area contributed by atoms with E-state index in [1.165, 1.54) is 11.9 Å². The minimum atomic E-state index is -0.930. The number of nitrogens with zero attached hydrogens (tertiary/aromatic N) is 1. The average molecular weight is 161 g/mol. The van der Waals surface area contributed by atoms with Crippen molar-refractivity contribution in [3.05, 3.63) is 0 Å². The number of aliphatic carboxylic acids is 1. The molecule has 1 N–H and O–H groups in total. The summed E-state index contributed by atoms with van der Waals surface area (Å²) in [4.78, 5) is 22.3. The van der Waals surface area contributed by atoms with E-state index in [1.54, 1.807) is 0 Å². The van der Waals surface area contributed by atoms with Crippen LogP contribution in [-0.4, -0.2) is 40.1 Å². The van der Waals surface area contributed by atoms with Gasteiger partial charge in [0.2, 0.25) is 0 Å². The second-order valence-corrected chi connectivity index (χ2v) is 3.01. The highest BCUT2D eigenvalue weighted by Crippen LogP contribution is 2.21. The zero-order chi connectivity index (χ0) is 7.72. The maximum atomic E-state index is 10.7. The summed E-state index contributed by atoms with van der Waals surface area (Å²) >= 11 is 1.05. The fraction of sp³-hybridized carbons (Fsp3) is 0.600. The molecule has 1 atom stereocenters. The van der Waals surface area contributed by atoms with Crippen LogP contribution < -0.4 is 0 Å². The van der Waals surface area contributed by atoms with Gasteiger partial charge in [-0.05, 0) is 0 Å². The monoisotopic (exact) mass is 161 g/mol. The Morgan fingerprint density at radius 3 is 2.70 bits per heavy atom. The van der Waals surface area contributed by atoms with E-state index in [9.17, 15) is 9.59 Å². The van der Waals surface area contributed by atoms with Gasteiger partial charge in [0, 0.05) is 12.8 Å². The second kappa shape index (κ2) is 2.49. The molecule has 1 rings (SSSR count). The first-order valence-corrected chi connectivity index (χ1v) is 3.74. The van der Waals surface area contributed by atoms with Crippen molar-refractivity contribution >= 4 is 23.0 Å². The molecule has 4 nitrogen and oxygen atoms in total. The lowest BCUT2D eigenvalue weighted by molar-refractivity contribution is -0.140. The van der Waals surface area contributed by atoms with E-state index in [2.05, 4.69) is 0 Å². The molecule has 0 spiro atoms. The van der Waals surface area contributed by atoms with Crippen molar-refractivity contribution in [3.63, 3.8) is 0 Å². The van der Waals surface area contributed by atoms with Gasteiger partial charge in [0.05, 0.1) is 0 Å². The number of thioether (sulfide) groups is 1. The highest BCUT2D eigenvalue weighted by Gasteiger charge is 2.33. The Balaban J connectivity index is 2.66. The predicted octanol–water partition coefficient (Wildman–Crippen LogP) is 0.238. The first-order chi connectivity index (χ1) is 4.63. The van der Waals surface area contributed by atoms with Crippen molar-refractivity contribution in [3.8, 4) is 0 Å². The van der Waals surface area contributed by atoms with Gasteiger partial charge in [-0.3, -0.25) is 4.79 Å². The van der Waals surface area contributed by atoms with Crippen molar-refractivity contribution in [2.75, 3.05) is 12.8 Å². The van der Waals surface area contributed by atoms with Gasteiger partial charge in [-0.25, -0.2) is 4.79 Å². The lowest BCUT2D eigenvalue weighted by Crippen LogP contribution is -2.36. The maximum Gasteiger partial charge on any atom is 0.327 e. The van der Waals surface area contributed by atoms with Crippen LogP contribution in [0, 0.1) is 0 Å². The van der Waals surface area contributed by atoms with E-state index >= 15 is 0 Å². The fourth-order valence-electron chi connectivity index (χ4n) is 0.728. The number of likely N-dealkylation sites (N-methyl/N-ethyl adjacent to an activating group) is 1. The summed E-state index contributed by atoms with van der Waals surface area (Å²) in [7, 11) is 1.50. The Kier molecular flexibility index (Phi) is 1.85. The number of hydrogen-bond acceptors (Lipinski definition) is 3. The van der Waals surface area contributed by atoms with Crippen LogP contribution in [0.15, 0.2) is 0 Å². The quantitative estimate of drug-likeness (QED) is 0.598. The second-order valence-electron chi connectivity index (χ2n) is 2.04. The minimum absolute atomic E-state index is 0.160. The van der Waals surface area contributed by atoms with Gasteiger partial charge in [0.15, 0.2) is 0 Å². The Bertz CT molecular complexity index is 182. The molecule has 1 aliphatic rings. The Morgan fingerprint density at radius 1 is 1.90 bits per heavy atom. The summed E-state index contributed by atoms with van der Waals surface area (Å²) in [6.45, 7) is 0. The van der Waals surface area contributed by atoms with Gasteiger partial charge in [-0.15, -0.1) is 0 Å². The van der Waals surface area contributed by atoms with Crippen molar-refractivity contribution < 1.29 is 14.7 Å². The van der Waals surface area contributed by atoms with Crippen molar-refractivity contribution in [2.45, 2.75) is 6.04 Å². The van der Waals surface area contributed by atoms with Gasteiger partial charge in [0.25, 0.3) is 5.24 Å². The number of carboxylic acid groups (broad SMARTS) is 1. The molecule has 0 aromatic carbocycles. The number of hydrogen-bond donors (Lipinski definition) is 1. The Hall–Kier alpha value is -0.710. The van der Waals surface area contributed by atoms with Gasteiger partial charge in [-0.1, -0.05) is 11.8 Å². The number of carbonyl (C=O) groups excluding carboxylic acids is 1. The minimum Gasteiger partial charge on any atom is -0.480 e. The van der Waals surface area contributed by atoms with Crippen LogP contribution in [-0.2, 0) is 4.79 Å². The molecule has 10 heavy (non-hydrogen) atoms. The number of amides is 1. The third kappa shape index (κ3) is 1.09. The topological polar surface area (TPSA) is 57.6 Å². The van der Waals surface area contributed by atoms with Gasteiger partial charge >= 0.3 is 5.97 Å². The van der Waals surface area contributed by atoms with Crippen LogP contribution in [0.3, 0.4) is 0 Å². The highest BCUT2D eigenvalue weighted by molar-refractivity contribution is 8.13. The molecule has 0 radical (unpaired) electrons. The number of carbonyl (C=O) groups is 2. The van der Waals surface area contributed by atoms with E-state index < -0.39 is 12.0 Å². The molecule has 0 aliphatic carbocycles. The number of rotatable bonds is 1. The summed E-state index contributed by atoms with van der Waals surface area (Å²) in [6, 6.07) is -0.627. The third-order valence-electron chi connectivity index (χ3n) is 1.41. The molecule has 56 valence electrons. The molecule has 1 amide bonds. The van der Waals surface area contributed by atoms with Crippen LogP contribution in [0.5, 0.6) is 0 Å². The Labute approximate surface area is 62.2 Å². The van der Waals surface area contributed by atoms with E-state index in [-0.39, 0.29) is 5.24 Å². The molecule has 0 saturated carbocycles. The van der Waals surface area contributed by atoms with Crippen molar-refractivity contribution in [1.82, 2.24) is 4.90 Å². The van der Waals surface area contributed by atoms with Crippen LogP contribution in [0.25, 0.3) is 0 Å². The zero-order valence-corrected chi connectivity index (χ0v) is 6.22. The lowest BCUT2D eigenvalue weighted by Gasteiger charge is -2.12. The lowest BCUT2D eigenvalue weighted by atomic mass is 10.3. The summed E-state index contributed by atoms with van der Waals surface area (Å²) in [6.07, 6.45) is 0. The van der Waals surface area contributed by atoms with Crippen LogP contribution in [0.1, 0.15) is 0 Å². The molecule has 0 aromatic heterocycles. The smallest absolute Gasteiger partial charge is 0.327 e. The fourth-order valence-corrected chi connectivity index (χ4v) is 1.73. The molecule has 1 aliphatic heterocycles. The van der Waals surface area contributed by atoms with E-state index in [4.69, 9.17) is 5.11 Å². The predicted molar refractivity (Wildman–Crippen MR) is 37.0 cm³/mol. The number of carboxylic acids is 1. The molecule has 1 heterocycles. The van der Waals surface area contributed by atoms with Gasteiger partial charge in [-0.2, -0.15) is 0 Å². The van der Waals surface area contributed by atoms with Crippen molar-refractivity contribution in [2.24, 2.45) is 0 Å². The first-order valence-electron chi connectivity index (χ1n) is 2.75. The average Bonchev–Trinajstić information content (AvgIpc) is 2.14. The molecule has 1 fully saturated rings. The maximum absolute atomic E-state index is 10.7. The van der Waals surface area contributed by atoms with E-state index in [1.807, 2.05) is 0 Å². The van der Waals surface area contributed by atoms with E-state index in [0.717, 1.165) is 11.8 Å². The molecule has 1 unspecified atom stereocenters. The summed E-state index contributed by atoms with van der Waals surface area (Å²) < 4.78 is 0. The normalized spacial score (nSPS) is 25.5. The molecule has 0 bridgehead atoms. The van der Waals surface area contributed by atoms with Crippen LogP contribution in [0.2, 0.25) is 0 Å². The standard InChI is InChI=1S/C5H7NO3S/c1-6-3(4(7)8)2-10-5(6)9/h3H,2H2,1H3,(H,7,8). The highest BCUT2D eigenvalue weighted by atomic mass is 32.2. The summed E-state index contributed by atoms with van der Waals surface area (Å²) in [5, 5.41) is 8.33. The van der Waals surface area contributed by atoms with Gasteiger partial charge < -0.3 is 10.0 Å². The molecule has 1 saturated heterocycles. The summed E-state index contributed by atoms with van der Waals surface area (Å²) in [5.41, 5.74) is 0. The van der Waals surface area contributed by atoms with Crippen LogP contribution in [0.4, 0.5) is 4.79 Å². The van der Waals surface area contributed by atoms with Crippen molar-refractivity contribution in [1.29, 1.82) is 0 Å².